The van der Waals surface area contributed by atoms with Crippen LogP contribution in [-0.4, -0.2) is 36.2 Å². The molecule has 1 saturated heterocycles. The first-order valence-corrected chi connectivity index (χ1v) is 6.29. The molecule has 0 bridgehead atoms. The van der Waals surface area contributed by atoms with Crippen LogP contribution in [0.2, 0.25) is 0 Å². The van der Waals surface area contributed by atoms with E-state index in [1.54, 1.807) is 12.1 Å². The third kappa shape index (κ3) is 3.37. The summed E-state index contributed by atoms with van der Waals surface area (Å²) >= 11 is 0. The van der Waals surface area contributed by atoms with Gasteiger partial charge in [0.2, 0.25) is 0 Å². The van der Waals surface area contributed by atoms with Crippen molar-refractivity contribution in [3.63, 3.8) is 0 Å². The van der Waals surface area contributed by atoms with Gasteiger partial charge < -0.3 is 14.7 Å². The highest BCUT2D eigenvalue weighted by atomic mass is 16.5. The number of nitrogens with zero attached hydrogens (tertiary/aromatic N) is 1. The van der Waals surface area contributed by atoms with Gasteiger partial charge in [0, 0.05) is 18.5 Å². The van der Waals surface area contributed by atoms with E-state index < -0.39 is 0 Å². The molecule has 94 valence electrons. The van der Waals surface area contributed by atoms with Crippen molar-refractivity contribution < 1.29 is 9.84 Å². The zero-order chi connectivity index (χ0) is 12.3. The maximum absolute atomic E-state index is 9.39. The van der Waals surface area contributed by atoms with Crippen molar-refractivity contribution >= 4 is 0 Å². The molecule has 0 aliphatic carbocycles. The van der Waals surface area contributed by atoms with Crippen molar-refractivity contribution in [2.24, 2.45) is 5.92 Å². The predicted octanol–water partition coefficient (Wildman–Crippen LogP) is 2.50. The minimum Gasteiger partial charge on any atom is -0.508 e. The van der Waals surface area contributed by atoms with Gasteiger partial charge in [0.25, 0.3) is 0 Å². The van der Waals surface area contributed by atoms with Crippen LogP contribution >= 0.6 is 0 Å². The molecule has 3 nitrogen and oxygen atoms in total. The number of ether oxygens (including phenoxy) is 1. The van der Waals surface area contributed by atoms with Crippen molar-refractivity contribution in [3.05, 3.63) is 24.3 Å². The summed E-state index contributed by atoms with van der Waals surface area (Å²) in [6, 6.07) is 7.03. The lowest BCUT2D eigenvalue weighted by Gasteiger charge is -2.33. The van der Waals surface area contributed by atoms with Crippen LogP contribution in [0.4, 0.5) is 0 Å². The van der Waals surface area contributed by atoms with Gasteiger partial charge in [0.05, 0.1) is 6.10 Å². The highest BCUT2D eigenvalue weighted by Crippen LogP contribution is 2.24. The van der Waals surface area contributed by atoms with Gasteiger partial charge in [-0.1, -0.05) is 6.07 Å². The minimum atomic E-state index is 0.194. The number of benzene rings is 1. The predicted molar refractivity (Wildman–Crippen MR) is 68.4 cm³/mol. The molecule has 1 N–H and O–H groups in total. The number of piperidine rings is 1. The molecule has 1 aliphatic rings. The van der Waals surface area contributed by atoms with E-state index in [1.165, 1.54) is 19.4 Å². The van der Waals surface area contributed by atoms with Crippen molar-refractivity contribution in [3.8, 4) is 11.5 Å². The maximum Gasteiger partial charge on any atom is 0.123 e. The first kappa shape index (κ1) is 12.2. The number of likely N-dealkylation sites (tertiary alicyclic amines) is 1. The van der Waals surface area contributed by atoms with Crippen LogP contribution in [0.1, 0.15) is 19.8 Å². The number of hydrogen-bond acceptors (Lipinski definition) is 3. The summed E-state index contributed by atoms with van der Waals surface area (Å²) in [5.41, 5.74) is 0. The molecule has 1 heterocycles. The molecule has 2 rings (SSSR count). The lowest BCUT2D eigenvalue weighted by molar-refractivity contribution is 0.0899. The molecule has 0 aromatic heterocycles. The highest BCUT2D eigenvalue weighted by molar-refractivity contribution is 5.31. The Labute approximate surface area is 103 Å². The Hall–Kier alpha value is -1.22. The van der Waals surface area contributed by atoms with Crippen LogP contribution in [0.15, 0.2) is 24.3 Å². The Bertz CT molecular complexity index is 367. The molecule has 17 heavy (non-hydrogen) atoms. The molecular formula is C14H21NO2. The standard InChI is InChI=1S/C14H21NO2/c1-11(12-5-4-8-15(2)10-12)17-14-7-3-6-13(16)9-14/h3,6-7,9,11-12,16H,4-5,8,10H2,1-2H3. The van der Waals surface area contributed by atoms with E-state index in [9.17, 15) is 5.11 Å². The molecule has 1 aromatic rings. The van der Waals surface area contributed by atoms with Gasteiger partial charge in [-0.05, 0) is 45.5 Å². The first-order valence-electron chi connectivity index (χ1n) is 6.29. The number of phenols is 1. The second kappa shape index (κ2) is 5.41. The molecule has 0 saturated carbocycles. The van der Waals surface area contributed by atoms with E-state index in [0.717, 1.165) is 12.3 Å². The van der Waals surface area contributed by atoms with Crippen LogP contribution < -0.4 is 4.74 Å². The van der Waals surface area contributed by atoms with Crippen LogP contribution in [-0.2, 0) is 0 Å². The lowest BCUT2D eigenvalue weighted by atomic mass is 9.93. The molecule has 1 aromatic carbocycles. The number of aromatic hydroxyl groups is 1. The van der Waals surface area contributed by atoms with E-state index in [-0.39, 0.29) is 11.9 Å². The van der Waals surface area contributed by atoms with Crippen molar-refractivity contribution in [1.29, 1.82) is 0 Å². The quantitative estimate of drug-likeness (QED) is 0.873. The number of hydrogen-bond donors (Lipinski definition) is 1. The number of phenolic OH excluding ortho intramolecular Hbond substituents is 1. The van der Waals surface area contributed by atoms with Crippen LogP contribution in [0.5, 0.6) is 11.5 Å². The van der Waals surface area contributed by atoms with Gasteiger partial charge in [0.15, 0.2) is 0 Å². The van der Waals surface area contributed by atoms with Crippen molar-refractivity contribution in [2.75, 3.05) is 20.1 Å². The monoisotopic (exact) mass is 235 g/mol. The maximum atomic E-state index is 9.39. The normalized spacial score (nSPS) is 23.3. The summed E-state index contributed by atoms with van der Waals surface area (Å²) in [7, 11) is 2.16. The van der Waals surface area contributed by atoms with E-state index in [2.05, 4.69) is 18.9 Å². The molecule has 1 fully saturated rings. The SMILES string of the molecule is CC(Oc1cccc(O)c1)C1CCCN(C)C1. The molecule has 0 radical (unpaired) electrons. The Balaban J connectivity index is 1.94. The third-order valence-electron chi connectivity index (χ3n) is 3.46. The Morgan fingerprint density at radius 3 is 3.00 bits per heavy atom. The average molecular weight is 235 g/mol. The summed E-state index contributed by atoms with van der Waals surface area (Å²) in [4.78, 5) is 2.36. The number of rotatable bonds is 3. The summed E-state index contributed by atoms with van der Waals surface area (Å²) in [6.07, 6.45) is 2.67. The van der Waals surface area contributed by atoms with Gasteiger partial charge in [-0.3, -0.25) is 0 Å². The van der Waals surface area contributed by atoms with Crippen molar-refractivity contribution in [2.45, 2.75) is 25.9 Å². The molecule has 0 spiro atoms. The molecule has 0 amide bonds. The minimum absolute atomic E-state index is 0.194. The third-order valence-corrected chi connectivity index (χ3v) is 3.46. The van der Waals surface area contributed by atoms with Gasteiger partial charge in [-0.2, -0.15) is 0 Å². The average Bonchev–Trinajstić information content (AvgIpc) is 2.29. The molecular weight excluding hydrogens is 214 g/mol. The highest BCUT2D eigenvalue weighted by Gasteiger charge is 2.24. The molecule has 3 heteroatoms. The molecule has 1 aliphatic heterocycles. The smallest absolute Gasteiger partial charge is 0.123 e. The van der Waals surface area contributed by atoms with Gasteiger partial charge in [-0.15, -0.1) is 0 Å². The zero-order valence-electron chi connectivity index (χ0n) is 10.6. The van der Waals surface area contributed by atoms with Gasteiger partial charge >= 0.3 is 0 Å². The van der Waals surface area contributed by atoms with E-state index in [0.29, 0.717) is 5.92 Å². The van der Waals surface area contributed by atoms with Gasteiger partial charge in [-0.25, -0.2) is 0 Å². The molecule has 2 unspecified atom stereocenters. The summed E-state index contributed by atoms with van der Waals surface area (Å²) < 4.78 is 5.90. The van der Waals surface area contributed by atoms with E-state index in [4.69, 9.17) is 4.74 Å². The Morgan fingerprint density at radius 1 is 1.47 bits per heavy atom. The first-order chi connectivity index (χ1) is 8.15. The largest absolute Gasteiger partial charge is 0.508 e. The summed E-state index contributed by atoms with van der Waals surface area (Å²) in [5, 5.41) is 9.39. The fraction of sp³-hybridized carbons (Fsp3) is 0.571. The lowest BCUT2D eigenvalue weighted by Crippen LogP contribution is -2.39. The van der Waals surface area contributed by atoms with Crippen molar-refractivity contribution in [1.82, 2.24) is 4.90 Å². The summed E-state index contributed by atoms with van der Waals surface area (Å²) in [5.74, 6) is 1.59. The van der Waals surface area contributed by atoms with Crippen LogP contribution in [0.25, 0.3) is 0 Å². The van der Waals surface area contributed by atoms with Gasteiger partial charge in [0.1, 0.15) is 11.5 Å². The zero-order valence-corrected chi connectivity index (χ0v) is 10.6. The molecule has 2 atom stereocenters. The topological polar surface area (TPSA) is 32.7 Å². The van der Waals surface area contributed by atoms with Crippen LogP contribution in [0.3, 0.4) is 0 Å². The fourth-order valence-corrected chi connectivity index (χ4v) is 2.46. The van der Waals surface area contributed by atoms with Crippen LogP contribution in [0, 0.1) is 5.92 Å². The fourth-order valence-electron chi connectivity index (χ4n) is 2.46. The Morgan fingerprint density at radius 2 is 2.29 bits per heavy atom. The second-order valence-corrected chi connectivity index (χ2v) is 4.98. The Kier molecular flexibility index (Phi) is 3.89. The second-order valence-electron chi connectivity index (χ2n) is 4.98. The van der Waals surface area contributed by atoms with E-state index in [1.807, 2.05) is 12.1 Å². The summed E-state index contributed by atoms with van der Waals surface area (Å²) in [6.45, 7) is 4.41. The van der Waals surface area contributed by atoms with E-state index >= 15 is 0 Å².